The monoisotopic (exact) mass is 395 g/mol. The van der Waals surface area contributed by atoms with Crippen LogP contribution in [-0.4, -0.2) is 18.1 Å². The zero-order valence-corrected chi connectivity index (χ0v) is 16.5. The number of carbonyl (C=O) groups is 1. The summed E-state index contributed by atoms with van der Waals surface area (Å²) in [5.41, 5.74) is 0. The Labute approximate surface area is 158 Å². The molecule has 0 heterocycles. The number of carbonyl (C=O) groups excluding carboxylic acids is 1. The highest BCUT2D eigenvalue weighted by Crippen LogP contribution is 2.50. The standard InChI is InChI=1S/C19H23ClNO4P/c1-13(2)18(19(22)24-15-9-6-10-15)21-26(20,23)25-17-12-5-8-14-7-3-4-11-16(14)17/h3-5,7-8,11-13,15,18H,6,9-10H2,1-2H3,(H,21,23)/t18-,26?/m0/s1. The first-order valence-electron chi connectivity index (χ1n) is 8.81. The molecule has 0 radical (unpaired) electrons. The first-order valence-corrected chi connectivity index (χ1v) is 11.3. The van der Waals surface area contributed by atoms with Crippen LogP contribution in [0.5, 0.6) is 5.75 Å². The molecule has 1 fully saturated rings. The molecule has 0 aromatic heterocycles. The molecular weight excluding hydrogens is 373 g/mol. The van der Waals surface area contributed by atoms with E-state index in [-0.39, 0.29) is 12.0 Å². The van der Waals surface area contributed by atoms with E-state index in [4.69, 9.17) is 20.5 Å². The van der Waals surface area contributed by atoms with Gasteiger partial charge < -0.3 is 9.26 Å². The minimum Gasteiger partial charge on any atom is -0.461 e. The van der Waals surface area contributed by atoms with Crippen LogP contribution in [0.25, 0.3) is 10.8 Å². The second-order valence-corrected chi connectivity index (χ2v) is 9.62. The first-order chi connectivity index (χ1) is 12.4. The van der Waals surface area contributed by atoms with Crippen LogP contribution in [0.1, 0.15) is 33.1 Å². The quantitative estimate of drug-likeness (QED) is 0.510. The van der Waals surface area contributed by atoms with Crippen molar-refractivity contribution in [2.45, 2.75) is 45.3 Å². The maximum Gasteiger partial charge on any atom is 0.409 e. The van der Waals surface area contributed by atoms with Gasteiger partial charge in [-0.2, -0.15) is 0 Å². The fourth-order valence-corrected chi connectivity index (χ4v) is 4.53. The van der Waals surface area contributed by atoms with Gasteiger partial charge in [-0.1, -0.05) is 50.2 Å². The van der Waals surface area contributed by atoms with Gasteiger partial charge >= 0.3 is 12.8 Å². The molecule has 2 atom stereocenters. The number of nitrogens with one attached hydrogen (secondary N) is 1. The van der Waals surface area contributed by atoms with Crippen molar-refractivity contribution in [1.82, 2.24) is 5.09 Å². The molecule has 1 saturated carbocycles. The van der Waals surface area contributed by atoms with Crippen LogP contribution in [0.3, 0.4) is 0 Å². The lowest BCUT2D eigenvalue weighted by Crippen LogP contribution is -2.42. The van der Waals surface area contributed by atoms with Crippen molar-refractivity contribution in [3.05, 3.63) is 42.5 Å². The SMILES string of the molecule is CC(C)[C@H](NP(=O)(Cl)Oc1cccc2ccccc12)C(=O)OC1CCC1. The lowest BCUT2D eigenvalue weighted by atomic mass is 9.96. The minimum absolute atomic E-state index is 0.0424. The van der Waals surface area contributed by atoms with E-state index >= 15 is 0 Å². The summed E-state index contributed by atoms with van der Waals surface area (Å²) in [5, 5.41) is 4.44. The van der Waals surface area contributed by atoms with Gasteiger partial charge in [0.25, 0.3) is 0 Å². The van der Waals surface area contributed by atoms with Crippen LogP contribution >= 0.6 is 18.1 Å². The van der Waals surface area contributed by atoms with Gasteiger partial charge in [-0.3, -0.25) is 4.79 Å². The zero-order valence-electron chi connectivity index (χ0n) is 14.9. The Morgan fingerprint density at radius 2 is 1.88 bits per heavy atom. The highest BCUT2D eigenvalue weighted by atomic mass is 35.7. The van der Waals surface area contributed by atoms with E-state index in [0.29, 0.717) is 5.75 Å². The fourth-order valence-electron chi connectivity index (χ4n) is 2.79. The van der Waals surface area contributed by atoms with Gasteiger partial charge in [0, 0.05) is 16.6 Å². The summed E-state index contributed by atoms with van der Waals surface area (Å²) >= 11 is 6.15. The third kappa shape index (κ3) is 4.59. The second-order valence-electron chi connectivity index (χ2n) is 6.89. The molecule has 7 heteroatoms. The van der Waals surface area contributed by atoms with Gasteiger partial charge in [0.2, 0.25) is 0 Å². The summed E-state index contributed by atoms with van der Waals surface area (Å²) in [4.78, 5) is 12.4. The van der Waals surface area contributed by atoms with Gasteiger partial charge in [-0.25, -0.2) is 9.65 Å². The lowest BCUT2D eigenvalue weighted by Gasteiger charge is -2.29. The third-order valence-corrected chi connectivity index (χ3v) is 6.03. The Kier molecular flexibility index (Phi) is 5.91. The molecule has 2 aromatic carbocycles. The molecular formula is C19H23ClNO4P. The van der Waals surface area contributed by atoms with Crippen LogP contribution in [-0.2, 0) is 14.1 Å². The molecule has 0 saturated heterocycles. The van der Waals surface area contributed by atoms with Crippen molar-refractivity contribution in [2.75, 3.05) is 0 Å². The Balaban J connectivity index is 1.75. The van der Waals surface area contributed by atoms with E-state index in [1.54, 1.807) is 12.1 Å². The molecule has 5 nitrogen and oxygen atoms in total. The normalized spacial score (nSPS) is 18.2. The zero-order chi connectivity index (χ0) is 18.7. The number of halogens is 1. The van der Waals surface area contributed by atoms with Crippen molar-refractivity contribution in [2.24, 2.45) is 5.92 Å². The Morgan fingerprint density at radius 3 is 2.54 bits per heavy atom. The van der Waals surface area contributed by atoms with Crippen molar-refractivity contribution in [3.63, 3.8) is 0 Å². The van der Waals surface area contributed by atoms with E-state index in [1.165, 1.54) is 0 Å². The van der Waals surface area contributed by atoms with Crippen LogP contribution < -0.4 is 9.61 Å². The summed E-state index contributed by atoms with van der Waals surface area (Å²) in [6.07, 6.45) is 2.78. The molecule has 1 unspecified atom stereocenters. The van der Waals surface area contributed by atoms with Crippen molar-refractivity contribution in [3.8, 4) is 5.75 Å². The van der Waals surface area contributed by atoms with Gasteiger partial charge in [-0.15, -0.1) is 0 Å². The summed E-state index contributed by atoms with van der Waals surface area (Å²) < 4.78 is 23.9. The topological polar surface area (TPSA) is 64.6 Å². The smallest absolute Gasteiger partial charge is 0.409 e. The summed E-state index contributed by atoms with van der Waals surface area (Å²) in [7, 11) is 0. The number of hydrogen-bond acceptors (Lipinski definition) is 4. The molecule has 0 amide bonds. The van der Waals surface area contributed by atoms with Gasteiger partial charge in [0.15, 0.2) is 0 Å². The predicted molar refractivity (Wildman–Crippen MR) is 104 cm³/mol. The molecule has 1 aliphatic rings. The van der Waals surface area contributed by atoms with E-state index in [1.807, 2.05) is 44.2 Å². The van der Waals surface area contributed by atoms with E-state index in [9.17, 15) is 9.36 Å². The van der Waals surface area contributed by atoms with Crippen molar-refractivity contribution >= 4 is 34.9 Å². The molecule has 3 rings (SSSR count). The highest BCUT2D eigenvalue weighted by Gasteiger charge is 2.35. The van der Waals surface area contributed by atoms with Crippen molar-refractivity contribution in [1.29, 1.82) is 0 Å². The van der Waals surface area contributed by atoms with E-state index in [0.717, 1.165) is 30.0 Å². The van der Waals surface area contributed by atoms with Crippen LogP contribution in [0.4, 0.5) is 0 Å². The van der Waals surface area contributed by atoms with Crippen molar-refractivity contribution < 1.29 is 18.6 Å². The Morgan fingerprint density at radius 1 is 1.19 bits per heavy atom. The molecule has 0 bridgehead atoms. The second kappa shape index (κ2) is 7.99. The summed E-state index contributed by atoms with van der Waals surface area (Å²) in [6, 6.07) is 12.2. The third-order valence-electron chi connectivity index (χ3n) is 4.51. The number of ether oxygens (including phenoxy) is 1. The van der Waals surface area contributed by atoms with Gasteiger partial charge in [0.1, 0.15) is 17.9 Å². The van der Waals surface area contributed by atoms with E-state index in [2.05, 4.69) is 5.09 Å². The summed E-state index contributed by atoms with van der Waals surface area (Å²) in [6.45, 7) is -0.112. The van der Waals surface area contributed by atoms with Gasteiger partial charge in [-0.05, 0) is 36.6 Å². The number of hydrogen-bond donors (Lipinski definition) is 1. The molecule has 2 aromatic rings. The average Bonchev–Trinajstić information content (AvgIpc) is 2.56. The molecule has 1 aliphatic carbocycles. The molecule has 0 spiro atoms. The van der Waals surface area contributed by atoms with Gasteiger partial charge in [0.05, 0.1) is 0 Å². The van der Waals surface area contributed by atoms with Crippen LogP contribution in [0, 0.1) is 5.92 Å². The largest absolute Gasteiger partial charge is 0.461 e. The minimum atomic E-state index is -3.80. The Bertz CT molecular complexity index is 832. The molecule has 26 heavy (non-hydrogen) atoms. The fraction of sp³-hybridized carbons (Fsp3) is 0.421. The number of esters is 1. The number of fused-ring (bicyclic) bond motifs is 1. The highest BCUT2D eigenvalue weighted by molar-refractivity contribution is 7.84. The lowest BCUT2D eigenvalue weighted by molar-refractivity contribution is -0.156. The molecule has 140 valence electrons. The Hall–Kier alpha value is -1.55. The maximum absolute atomic E-state index is 12.8. The molecule has 0 aliphatic heterocycles. The summed E-state index contributed by atoms with van der Waals surface area (Å²) in [5.74, 6) is -0.179. The van der Waals surface area contributed by atoms with E-state index < -0.39 is 18.9 Å². The number of benzene rings is 2. The van der Waals surface area contributed by atoms with Crippen LogP contribution in [0.15, 0.2) is 42.5 Å². The predicted octanol–water partition coefficient (Wildman–Crippen LogP) is 5.28. The first kappa shape index (κ1) is 19.2. The van der Waals surface area contributed by atoms with Crippen LogP contribution in [0.2, 0.25) is 0 Å². The average molecular weight is 396 g/mol. The molecule has 1 N–H and O–H groups in total. The number of rotatable bonds is 7. The maximum atomic E-state index is 12.8.